The molecule has 168 valence electrons. The molecule has 0 saturated carbocycles. The Labute approximate surface area is 197 Å². The maximum absolute atomic E-state index is 13.0. The molecule has 1 aliphatic heterocycles. The van der Waals surface area contributed by atoms with E-state index in [9.17, 15) is 9.18 Å². The first-order chi connectivity index (χ1) is 15.9. The van der Waals surface area contributed by atoms with Gasteiger partial charge in [-0.1, -0.05) is 30.3 Å². The van der Waals surface area contributed by atoms with Gasteiger partial charge in [-0.15, -0.1) is 0 Å². The van der Waals surface area contributed by atoms with Crippen molar-refractivity contribution in [3.63, 3.8) is 0 Å². The Bertz CT molecular complexity index is 1220. The second kappa shape index (κ2) is 10.0. The number of rotatable bonds is 6. The van der Waals surface area contributed by atoms with Crippen LogP contribution in [0.3, 0.4) is 0 Å². The minimum Gasteiger partial charge on any atom is -0.489 e. The van der Waals surface area contributed by atoms with E-state index in [1.165, 1.54) is 35.0 Å². The molecule has 4 nitrogen and oxygen atoms in total. The Morgan fingerprint density at radius 1 is 1.00 bits per heavy atom. The third kappa shape index (κ3) is 5.52. The largest absolute Gasteiger partial charge is 0.489 e. The molecule has 0 spiro atoms. The molecule has 0 N–H and O–H groups in total. The molecule has 1 fully saturated rings. The average Bonchev–Trinajstić information content (AvgIpc) is 3.10. The first-order valence-electron chi connectivity index (χ1n) is 10.8. The van der Waals surface area contributed by atoms with Crippen LogP contribution < -0.4 is 4.74 Å². The highest BCUT2D eigenvalue weighted by Crippen LogP contribution is 2.34. The number of hydrogen-bond acceptors (Lipinski definition) is 4. The van der Waals surface area contributed by atoms with E-state index in [-0.39, 0.29) is 11.7 Å². The number of benzene rings is 3. The molecule has 3 aromatic rings. The lowest BCUT2D eigenvalue weighted by Crippen LogP contribution is -2.28. The van der Waals surface area contributed by atoms with Gasteiger partial charge in [0.1, 0.15) is 18.2 Å². The SMILES string of the molecule is CCN1C(=O)C(=Cc2ccc(OCc3ccc(F)cc3)cc2)SC1=Nc1ccc(C)c(C)c1. The molecule has 4 rings (SSSR count). The highest BCUT2D eigenvalue weighted by atomic mass is 32.2. The summed E-state index contributed by atoms with van der Waals surface area (Å²) in [6.07, 6.45) is 1.88. The quantitative estimate of drug-likeness (QED) is 0.387. The van der Waals surface area contributed by atoms with Gasteiger partial charge in [0.15, 0.2) is 5.17 Å². The number of amides is 1. The average molecular weight is 461 g/mol. The van der Waals surface area contributed by atoms with Crippen LogP contribution in [0.5, 0.6) is 5.75 Å². The molecule has 33 heavy (non-hydrogen) atoms. The van der Waals surface area contributed by atoms with Gasteiger partial charge >= 0.3 is 0 Å². The fraction of sp³-hybridized carbons (Fsp3) is 0.185. The van der Waals surface area contributed by atoms with Crippen LogP contribution in [0.25, 0.3) is 6.08 Å². The van der Waals surface area contributed by atoms with Gasteiger partial charge in [-0.05, 0) is 97.3 Å². The minimum atomic E-state index is -0.265. The number of ether oxygens (including phenoxy) is 1. The number of aliphatic imine (C=N–C) groups is 1. The van der Waals surface area contributed by atoms with Crippen molar-refractivity contribution < 1.29 is 13.9 Å². The van der Waals surface area contributed by atoms with Gasteiger partial charge in [-0.25, -0.2) is 9.38 Å². The first-order valence-corrected chi connectivity index (χ1v) is 11.6. The number of hydrogen-bond donors (Lipinski definition) is 0. The highest BCUT2D eigenvalue weighted by Gasteiger charge is 2.32. The van der Waals surface area contributed by atoms with E-state index < -0.39 is 0 Å². The van der Waals surface area contributed by atoms with Crippen LogP contribution >= 0.6 is 11.8 Å². The van der Waals surface area contributed by atoms with E-state index in [1.807, 2.05) is 55.5 Å². The molecule has 1 amide bonds. The van der Waals surface area contributed by atoms with E-state index in [2.05, 4.69) is 13.8 Å². The lowest BCUT2D eigenvalue weighted by molar-refractivity contribution is -0.122. The van der Waals surface area contributed by atoms with Gasteiger partial charge in [-0.3, -0.25) is 9.69 Å². The van der Waals surface area contributed by atoms with Gasteiger partial charge in [0.2, 0.25) is 0 Å². The number of nitrogens with zero attached hydrogens (tertiary/aromatic N) is 2. The predicted octanol–water partition coefficient (Wildman–Crippen LogP) is 6.65. The van der Waals surface area contributed by atoms with Gasteiger partial charge in [0.25, 0.3) is 5.91 Å². The number of carbonyl (C=O) groups is 1. The molecule has 3 aromatic carbocycles. The number of aryl methyl sites for hydroxylation is 2. The molecule has 0 atom stereocenters. The smallest absolute Gasteiger partial charge is 0.266 e. The van der Waals surface area contributed by atoms with Crippen LogP contribution in [0.4, 0.5) is 10.1 Å². The molecule has 1 aliphatic rings. The van der Waals surface area contributed by atoms with Crippen molar-refractivity contribution in [3.05, 3.63) is 99.7 Å². The van der Waals surface area contributed by atoms with Crippen molar-refractivity contribution in [1.82, 2.24) is 4.90 Å². The summed E-state index contributed by atoms with van der Waals surface area (Å²) in [6.45, 7) is 6.99. The van der Waals surface area contributed by atoms with Crippen LogP contribution in [0, 0.1) is 19.7 Å². The highest BCUT2D eigenvalue weighted by molar-refractivity contribution is 8.18. The van der Waals surface area contributed by atoms with Crippen LogP contribution in [-0.4, -0.2) is 22.5 Å². The second-order valence-corrected chi connectivity index (χ2v) is 8.82. The maximum Gasteiger partial charge on any atom is 0.266 e. The summed E-state index contributed by atoms with van der Waals surface area (Å²) < 4.78 is 18.8. The Kier molecular flexibility index (Phi) is 6.94. The first kappa shape index (κ1) is 22.8. The van der Waals surface area contributed by atoms with Crippen LogP contribution in [-0.2, 0) is 11.4 Å². The lowest BCUT2D eigenvalue weighted by atomic mass is 10.1. The standard InChI is InChI=1S/C27H25FN2O2S/c1-4-30-26(31)25(33-27(30)29-23-12-5-18(2)19(3)15-23)16-20-8-13-24(14-9-20)32-17-21-6-10-22(28)11-7-21/h5-16H,4,17H2,1-3H3. The Morgan fingerprint density at radius 2 is 1.73 bits per heavy atom. The molecule has 1 heterocycles. The topological polar surface area (TPSA) is 41.9 Å². The van der Waals surface area contributed by atoms with Gasteiger partial charge in [0.05, 0.1) is 10.6 Å². The summed E-state index contributed by atoms with van der Waals surface area (Å²) in [5, 5.41) is 0.691. The number of amidine groups is 1. The number of carbonyl (C=O) groups excluding carboxylic acids is 1. The van der Waals surface area contributed by atoms with E-state index >= 15 is 0 Å². The number of likely N-dealkylation sites (N-methyl/N-ethyl adjacent to an activating group) is 1. The number of halogens is 1. The molecular formula is C27H25FN2O2S. The normalized spacial score (nSPS) is 16.1. The van der Waals surface area contributed by atoms with Crippen LogP contribution in [0.1, 0.15) is 29.2 Å². The minimum absolute atomic E-state index is 0.0401. The molecule has 0 bridgehead atoms. The summed E-state index contributed by atoms with van der Waals surface area (Å²) >= 11 is 1.39. The van der Waals surface area contributed by atoms with Gasteiger partial charge < -0.3 is 4.74 Å². The zero-order valence-electron chi connectivity index (χ0n) is 18.8. The van der Waals surface area contributed by atoms with Crippen molar-refractivity contribution >= 4 is 34.6 Å². The molecule has 0 radical (unpaired) electrons. The van der Waals surface area contributed by atoms with E-state index in [1.54, 1.807) is 17.0 Å². The zero-order valence-corrected chi connectivity index (χ0v) is 19.7. The molecular weight excluding hydrogens is 435 g/mol. The van der Waals surface area contributed by atoms with Crippen molar-refractivity contribution in [1.29, 1.82) is 0 Å². The molecule has 0 aromatic heterocycles. The van der Waals surface area contributed by atoms with E-state index in [0.717, 1.165) is 16.8 Å². The fourth-order valence-electron chi connectivity index (χ4n) is 3.33. The Morgan fingerprint density at radius 3 is 2.39 bits per heavy atom. The Hall–Kier alpha value is -3.38. The van der Waals surface area contributed by atoms with Crippen molar-refractivity contribution in [3.8, 4) is 5.75 Å². The maximum atomic E-state index is 13.0. The monoisotopic (exact) mass is 460 g/mol. The summed E-state index contributed by atoms with van der Waals surface area (Å²) in [6, 6.07) is 19.8. The lowest BCUT2D eigenvalue weighted by Gasteiger charge is -2.12. The summed E-state index contributed by atoms with van der Waals surface area (Å²) in [5.41, 5.74) is 5.03. The molecule has 6 heteroatoms. The van der Waals surface area contributed by atoms with E-state index in [4.69, 9.17) is 9.73 Å². The second-order valence-electron chi connectivity index (χ2n) is 7.81. The summed E-state index contributed by atoms with van der Waals surface area (Å²) in [7, 11) is 0. The third-order valence-corrected chi connectivity index (χ3v) is 6.42. The van der Waals surface area contributed by atoms with Crippen molar-refractivity contribution in [2.75, 3.05) is 6.54 Å². The van der Waals surface area contributed by atoms with Crippen molar-refractivity contribution in [2.45, 2.75) is 27.4 Å². The predicted molar refractivity (Wildman–Crippen MR) is 133 cm³/mol. The van der Waals surface area contributed by atoms with E-state index in [0.29, 0.717) is 29.0 Å². The fourth-order valence-corrected chi connectivity index (χ4v) is 4.40. The third-order valence-electron chi connectivity index (χ3n) is 5.42. The summed E-state index contributed by atoms with van der Waals surface area (Å²) in [4.78, 5) is 20.0. The van der Waals surface area contributed by atoms with Crippen LogP contribution in [0.15, 0.2) is 76.6 Å². The molecule has 0 unspecified atom stereocenters. The van der Waals surface area contributed by atoms with Gasteiger partial charge in [0, 0.05) is 6.54 Å². The molecule has 1 saturated heterocycles. The van der Waals surface area contributed by atoms with Crippen LogP contribution in [0.2, 0.25) is 0 Å². The van der Waals surface area contributed by atoms with Gasteiger partial charge in [-0.2, -0.15) is 0 Å². The van der Waals surface area contributed by atoms with Crippen molar-refractivity contribution in [2.24, 2.45) is 4.99 Å². The number of thioether (sulfide) groups is 1. The summed E-state index contributed by atoms with van der Waals surface area (Å²) in [5.74, 6) is 0.403. The Balaban J connectivity index is 1.47. The zero-order chi connectivity index (χ0) is 23.4. The molecule has 0 aliphatic carbocycles.